The van der Waals surface area contributed by atoms with E-state index in [0.717, 1.165) is 19.3 Å². The van der Waals surface area contributed by atoms with Crippen LogP contribution in [-0.2, 0) is 19.1 Å². The quantitative estimate of drug-likeness (QED) is 0.0358. The second-order valence-electron chi connectivity index (χ2n) is 23.5. The Morgan fingerprint density at radius 2 is 0.597 bits per heavy atom. The van der Waals surface area contributed by atoms with Gasteiger partial charge in [0.25, 0.3) is 0 Å². The van der Waals surface area contributed by atoms with Crippen LogP contribution in [0.5, 0.6) is 0 Å². The van der Waals surface area contributed by atoms with Crippen molar-refractivity contribution in [3.05, 3.63) is 12.2 Å². The minimum Gasteiger partial charge on any atom is -0.465 e. The summed E-state index contributed by atoms with van der Waals surface area (Å²) in [6, 6.07) is 0. The molecule has 0 aromatic rings. The summed E-state index contributed by atoms with van der Waals surface area (Å²) in [5.41, 5.74) is -1.12. The fourth-order valence-electron chi connectivity index (χ4n) is 10.9. The third-order valence-corrected chi connectivity index (χ3v) is 16.3. The third-order valence-electron chi connectivity index (χ3n) is 16.3. The molecule has 1 fully saturated rings. The van der Waals surface area contributed by atoms with Crippen molar-refractivity contribution < 1.29 is 29.3 Å². The van der Waals surface area contributed by atoms with E-state index in [1.807, 2.05) is 0 Å². The topological polar surface area (TPSA) is 93.1 Å². The van der Waals surface area contributed by atoms with E-state index in [1.54, 1.807) is 0 Å². The molecule has 0 amide bonds. The van der Waals surface area contributed by atoms with E-state index in [-0.39, 0.29) is 19.6 Å². The van der Waals surface area contributed by atoms with Gasteiger partial charge in [0.1, 0.15) is 13.2 Å². The molecule has 1 atom stereocenters. The normalized spacial score (nSPS) is 15.2. The predicted molar refractivity (Wildman–Crippen MR) is 311 cm³/mol. The molecule has 0 aliphatic carbocycles. The molecule has 1 rings (SSSR count). The molecule has 72 heavy (non-hydrogen) atoms. The number of esters is 2. The smallest absolute Gasteiger partial charge is 0.309 e. The molecular weight excluding hydrogens is 889 g/mol. The van der Waals surface area contributed by atoms with Crippen LogP contribution in [0.25, 0.3) is 0 Å². The molecule has 1 aliphatic rings. The van der Waals surface area contributed by atoms with E-state index in [1.165, 1.54) is 321 Å². The number of aliphatic hydroxyl groups excluding tert-OH is 2. The molecule has 1 aliphatic heterocycles. The maximum Gasteiger partial charge on any atom is 0.309 e. The highest BCUT2D eigenvalue weighted by Gasteiger charge is 2.36. The average molecular weight is 1020 g/mol. The Kier molecular flexibility index (Phi) is 53.2. The van der Waals surface area contributed by atoms with E-state index in [9.17, 15) is 19.8 Å². The number of hydrogen-bond acceptors (Lipinski definition) is 6. The van der Waals surface area contributed by atoms with E-state index in [2.05, 4.69) is 19.1 Å². The summed E-state index contributed by atoms with van der Waals surface area (Å²) >= 11 is 0. The van der Waals surface area contributed by atoms with Gasteiger partial charge in [-0.25, -0.2) is 0 Å². The Hall–Kier alpha value is -1.40. The largest absolute Gasteiger partial charge is 0.465 e. The molecule has 1 saturated heterocycles. The number of carbonyl (C=O) groups excluding carboxylic acids is 2. The molecular formula is C66H126O6. The number of allylic oxidation sites excluding steroid dienone is 2. The molecule has 0 aromatic heterocycles. The van der Waals surface area contributed by atoms with E-state index >= 15 is 0 Å². The molecule has 2 N–H and O–H groups in total. The Balaban J connectivity index is 1.68. The zero-order valence-electron chi connectivity index (χ0n) is 48.5. The lowest BCUT2D eigenvalue weighted by Gasteiger charge is -2.27. The highest BCUT2D eigenvalue weighted by molar-refractivity contribution is 5.80. The predicted octanol–water partition coefficient (Wildman–Crippen LogP) is 20.7. The highest BCUT2D eigenvalue weighted by atomic mass is 16.6. The average Bonchev–Trinajstić information content (AvgIpc) is 3.45. The third kappa shape index (κ3) is 47.1. The van der Waals surface area contributed by atoms with Crippen molar-refractivity contribution in [1.82, 2.24) is 0 Å². The molecule has 0 radical (unpaired) electrons. The van der Waals surface area contributed by atoms with Crippen molar-refractivity contribution in [2.45, 2.75) is 360 Å². The van der Waals surface area contributed by atoms with Crippen LogP contribution in [0.3, 0.4) is 0 Å². The van der Waals surface area contributed by atoms with Gasteiger partial charge >= 0.3 is 11.9 Å². The summed E-state index contributed by atoms with van der Waals surface area (Å²) in [6.07, 6.45) is 80.1. The maximum absolute atomic E-state index is 12.5. The Morgan fingerprint density at radius 1 is 0.361 bits per heavy atom. The van der Waals surface area contributed by atoms with Crippen LogP contribution < -0.4 is 0 Å². The lowest BCUT2D eigenvalue weighted by molar-refractivity contribution is -0.155. The summed E-state index contributed by atoms with van der Waals surface area (Å²) in [5, 5.41) is 19.2. The summed E-state index contributed by atoms with van der Waals surface area (Å²) in [4.78, 5) is 24.7. The number of rotatable bonds is 57. The van der Waals surface area contributed by atoms with E-state index in [0.29, 0.717) is 6.42 Å². The van der Waals surface area contributed by atoms with Crippen LogP contribution in [0, 0.1) is 11.3 Å². The molecule has 0 aromatic carbocycles. The van der Waals surface area contributed by atoms with Crippen LogP contribution in [0.4, 0.5) is 0 Å². The van der Waals surface area contributed by atoms with Gasteiger partial charge in [-0.15, -0.1) is 0 Å². The van der Waals surface area contributed by atoms with Gasteiger partial charge in [0.15, 0.2) is 0 Å². The first-order chi connectivity index (χ1) is 35.6. The number of ether oxygens (including phenoxy) is 2. The summed E-state index contributed by atoms with van der Waals surface area (Å²) in [7, 11) is 0. The van der Waals surface area contributed by atoms with Gasteiger partial charge in [0.2, 0.25) is 0 Å². The van der Waals surface area contributed by atoms with Gasteiger partial charge in [-0.2, -0.15) is 0 Å². The minimum atomic E-state index is -1.12. The first-order valence-corrected chi connectivity index (χ1v) is 32.8. The lowest BCUT2D eigenvalue weighted by Crippen LogP contribution is -2.40. The van der Waals surface area contributed by atoms with Crippen LogP contribution in [-0.4, -0.2) is 48.6 Å². The highest BCUT2D eigenvalue weighted by Crippen LogP contribution is 2.25. The van der Waals surface area contributed by atoms with Gasteiger partial charge < -0.3 is 19.7 Å². The lowest BCUT2D eigenvalue weighted by atomic mass is 9.92. The van der Waals surface area contributed by atoms with Gasteiger partial charge in [0, 0.05) is 0 Å². The van der Waals surface area contributed by atoms with Gasteiger partial charge in [-0.1, -0.05) is 334 Å². The van der Waals surface area contributed by atoms with Gasteiger partial charge in [-0.05, 0) is 32.1 Å². The molecule has 0 bridgehead atoms. The second-order valence-corrected chi connectivity index (χ2v) is 23.5. The Bertz CT molecular complexity index is 1130. The fourth-order valence-corrected chi connectivity index (χ4v) is 10.9. The van der Waals surface area contributed by atoms with Crippen molar-refractivity contribution in [1.29, 1.82) is 0 Å². The molecule has 1 unspecified atom stereocenters. The SMILES string of the molecule is CCCCCCCCCCCCCCCCCCCCC/C=C/CCCCCCCCCCCCCCCCCCCCCCCCCCCCCCCCCCC1CC(=O)OCC(CO)(CO)COC1=O. The van der Waals surface area contributed by atoms with Gasteiger partial charge in [0.05, 0.1) is 31.0 Å². The zero-order chi connectivity index (χ0) is 51.8. The fraction of sp³-hybridized carbons (Fsp3) is 0.939. The molecule has 6 heteroatoms. The van der Waals surface area contributed by atoms with Crippen LogP contribution in [0.1, 0.15) is 360 Å². The molecule has 6 nitrogen and oxygen atoms in total. The van der Waals surface area contributed by atoms with Gasteiger partial charge in [-0.3, -0.25) is 9.59 Å². The Labute approximate surface area is 449 Å². The van der Waals surface area contributed by atoms with Crippen LogP contribution in [0.2, 0.25) is 0 Å². The molecule has 1 heterocycles. The maximum atomic E-state index is 12.5. The van der Waals surface area contributed by atoms with Crippen LogP contribution in [0.15, 0.2) is 12.2 Å². The van der Waals surface area contributed by atoms with Crippen LogP contribution >= 0.6 is 0 Å². The summed E-state index contributed by atoms with van der Waals surface area (Å²) < 4.78 is 10.6. The van der Waals surface area contributed by atoms with E-state index in [4.69, 9.17) is 9.47 Å². The second kappa shape index (κ2) is 55.8. The minimum absolute atomic E-state index is 0.00487. The Morgan fingerprint density at radius 3 is 0.861 bits per heavy atom. The number of cyclic esters (lactones) is 2. The van der Waals surface area contributed by atoms with Crippen molar-refractivity contribution in [2.75, 3.05) is 26.4 Å². The summed E-state index contributed by atoms with van der Waals surface area (Å²) in [6.45, 7) is 1.21. The number of carbonyl (C=O) groups is 2. The monoisotopic (exact) mass is 1010 g/mol. The van der Waals surface area contributed by atoms with Crippen molar-refractivity contribution in [3.63, 3.8) is 0 Å². The number of unbranched alkanes of at least 4 members (excludes halogenated alkanes) is 51. The molecule has 426 valence electrons. The first-order valence-electron chi connectivity index (χ1n) is 32.8. The standard InChI is InChI=1S/C66H126O6/c1-2-3-4-5-6-7-8-9-10-11-12-13-14-15-16-17-18-19-20-21-22-23-24-25-26-27-28-29-30-31-32-33-34-35-36-37-38-39-40-41-42-43-44-45-46-47-48-49-50-51-52-53-54-55-56-57-63-58-64(69)71-61-66(59-67,60-68)62-72-65(63)70/h22-23,63,67-68H,2-21,24-62H2,1H3/b23-22+. The number of hydrogen-bond donors (Lipinski definition) is 2. The first kappa shape index (κ1) is 68.6. The number of aliphatic hydroxyl groups is 2. The van der Waals surface area contributed by atoms with Crippen molar-refractivity contribution in [3.8, 4) is 0 Å². The summed E-state index contributed by atoms with van der Waals surface area (Å²) in [5.74, 6) is -1.40. The van der Waals surface area contributed by atoms with E-state index < -0.39 is 36.5 Å². The molecule has 0 spiro atoms. The van der Waals surface area contributed by atoms with Crippen molar-refractivity contribution in [2.24, 2.45) is 11.3 Å². The van der Waals surface area contributed by atoms with Crippen molar-refractivity contribution >= 4 is 11.9 Å². The molecule has 0 saturated carbocycles. The zero-order valence-corrected chi connectivity index (χ0v) is 48.5.